The summed E-state index contributed by atoms with van der Waals surface area (Å²) in [7, 11) is 0. The van der Waals surface area contributed by atoms with Crippen molar-refractivity contribution in [3.63, 3.8) is 0 Å². The van der Waals surface area contributed by atoms with Crippen LogP contribution in [0.5, 0.6) is 11.5 Å². The van der Waals surface area contributed by atoms with Crippen molar-refractivity contribution >= 4 is 0 Å². The van der Waals surface area contributed by atoms with Crippen LogP contribution in [0.15, 0.2) is 48.5 Å². The maximum Gasteiger partial charge on any atom is 0.294 e. The number of piperazine rings is 1. The van der Waals surface area contributed by atoms with Gasteiger partial charge < -0.3 is 24.5 Å². The van der Waals surface area contributed by atoms with Gasteiger partial charge in [0.15, 0.2) is 0 Å². The van der Waals surface area contributed by atoms with Gasteiger partial charge >= 0.3 is 0 Å². The van der Waals surface area contributed by atoms with Gasteiger partial charge in [-0.3, -0.25) is 0 Å². The minimum absolute atomic E-state index is 0.0638. The molecule has 208 valence electrons. The molecule has 1 heterocycles. The molecule has 0 unspecified atom stereocenters. The monoisotopic (exact) mass is 533 g/mol. The van der Waals surface area contributed by atoms with E-state index >= 15 is 0 Å². The van der Waals surface area contributed by atoms with E-state index in [2.05, 4.69) is 25.0 Å². The lowest BCUT2D eigenvalue weighted by molar-refractivity contribution is -0.760. The second-order valence-electron chi connectivity index (χ2n) is 9.64. The number of hydrogen-bond donors (Lipinski definition) is 1. The van der Waals surface area contributed by atoms with Crippen LogP contribution in [0.1, 0.15) is 25.0 Å². The predicted molar refractivity (Wildman–Crippen MR) is 137 cm³/mol. The fraction of sp³-hybridized carbons (Fsp3) is 0.520. The highest BCUT2D eigenvalue weighted by molar-refractivity contribution is 5.34. The molecule has 0 spiro atoms. The van der Waals surface area contributed by atoms with Crippen molar-refractivity contribution in [2.45, 2.75) is 26.9 Å². The van der Waals surface area contributed by atoms with Gasteiger partial charge in [-0.25, -0.2) is 10.0 Å². The van der Waals surface area contributed by atoms with Crippen LogP contribution in [0, 0.1) is 25.6 Å². The lowest BCUT2D eigenvalue weighted by atomic mass is 9.96. The molecule has 1 fully saturated rings. The summed E-state index contributed by atoms with van der Waals surface area (Å²) >= 11 is 0. The van der Waals surface area contributed by atoms with Crippen LogP contribution in [0.25, 0.3) is 0 Å². The molecule has 13 heteroatoms. The molecule has 1 N–H and O–H groups in total. The van der Waals surface area contributed by atoms with Gasteiger partial charge in [-0.1, -0.05) is 44.2 Å². The lowest BCUT2D eigenvalue weighted by Crippen LogP contribution is -2.51. The van der Waals surface area contributed by atoms with Gasteiger partial charge in [0.25, 0.3) is 10.2 Å². The summed E-state index contributed by atoms with van der Waals surface area (Å²) < 4.78 is 11.7. The minimum Gasteiger partial charge on any atom is -0.493 e. The van der Waals surface area contributed by atoms with E-state index in [0.717, 1.165) is 37.3 Å². The number of benzene rings is 2. The Morgan fingerprint density at radius 1 is 0.921 bits per heavy atom. The average Bonchev–Trinajstić information content (AvgIpc) is 2.90. The zero-order chi connectivity index (χ0) is 27.4. The predicted octanol–water partition coefficient (Wildman–Crippen LogP) is 2.71. The Morgan fingerprint density at radius 3 is 2.39 bits per heavy atom. The molecule has 0 amide bonds. The highest BCUT2D eigenvalue weighted by atomic mass is 17.0. The molecule has 2 aromatic carbocycles. The molecule has 1 saturated heterocycles. The maximum absolute atomic E-state index is 10.6. The molecule has 0 saturated carbocycles. The van der Waals surface area contributed by atoms with E-state index in [1.807, 2.05) is 56.3 Å². The summed E-state index contributed by atoms with van der Waals surface area (Å²) in [6, 6.07) is 15.4. The summed E-state index contributed by atoms with van der Waals surface area (Å²) in [6.45, 7) is 8.47. The highest BCUT2D eigenvalue weighted by Crippen LogP contribution is 2.26. The van der Waals surface area contributed by atoms with E-state index in [9.17, 15) is 20.2 Å². The normalized spacial score (nSPS) is 14.2. The van der Waals surface area contributed by atoms with E-state index in [1.54, 1.807) is 6.07 Å². The third-order valence-corrected chi connectivity index (χ3v) is 5.81. The Bertz CT molecular complexity index is 1050. The van der Waals surface area contributed by atoms with Gasteiger partial charge in [0.2, 0.25) is 0 Å². The first kappa shape index (κ1) is 28.9. The Balaban J connectivity index is 1.70. The molecule has 0 radical (unpaired) electrons. The van der Waals surface area contributed by atoms with Crippen molar-refractivity contribution in [3.8, 4) is 11.5 Å². The third-order valence-electron chi connectivity index (χ3n) is 5.81. The quantitative estimate of drug-likeness (QED) is 0.193. The summed E-state index contributed by atoms with van der Waals surface area (Å²) in [5, 5.41) is 27.2. The van der Waals surface area contributed by atoms with Crippen LogP contribution >= 0.6 is 0 Å². The van der Waals surface area contributed by atoms with Crippen molar-refractivity contribution < 1.29 is 29.3 Å². The Labute approximate surface area is 221 Å². The summed E-state index contributed by atoms with van der Waals surface area (Å²) in [4.78, 5) is 29.8. The van der Waals surface area contributed by atoms with Crippen molar-refractivity contribution in [1.82, 2.24) is 15.3 Å². The number of hydrogen-bond acceptors (Lipinski definition) is 11. The van der Waals surface area contributed by atoms with Crippen LogP contribution in [0.4, 0.5) is 0 Å². The van der Waals surface area contributed by atoms with Gasteiger partial charge in [-0.15, -0.1) is 20.2 Å². The number of hydrazine groups is 1. The van der Waals surface area contributed by atoms with Gasteiger partial charge in [-0.05, 0) is 23.8 Å². The van der Waals surface area contributed by atoms with Crippen molar-refractivity contribution in [1.29, 1.82) is 0 Å². The van der Waals surface area contributed by atoms with E-state index in [-0.39, 0.29) is 26.4 Å². The topological polar surface area (TPSA) is 142 Å². The van der Waals surface area contributed by atoms with E-state index in [0.29, 0.717) is 24.6 Å². The van der Waals surface area contributed by atoms with E-state index in [1.165, 1.54) is 0 Å². The third kappa shape index (κ3) is 10.00. The first-order valence-electron chi connectivity index (χ1n) is 12.4. The highest BCUT2D eigenvalue weighted by Gasteiger charge is 2.23. The molecular formula is C25H35N5O8. The standard InChI is InChI=1S/C25H35N5O8/c1-25(2,20-38-30(33)34)19-36-24-9-4-3-7-22(24)18-28(27-12-10-26-11-13-27)17-21-6-5-8-23(16-21)35-14-15-37-29(31)32/h3-9,16,26H,10-15,17-20H2,1-2H3. The minimum atomic E-state index is -0.839. The molecular weight excluding hydrogens is 498 g/mol. The molecule has 0 aliphatic carbocycles. The fourth-order valence-electron chi connectivity index (χ4n) is 3.92. The Kier molecular flexibility index (Phi) is 10.9. The molecule has 1 aliphatic heterocycles. The van der Waals surface area contributed by atoms with Gasteiger partial charge in [0.1, 0.15) is 31.3 Å². The maximum atomic E-state index is 10.6. The first-order valence-corrected chi connectivity index (χ1v) is 12.4. The molecule has 2 aromatic rings. The molecule has 0 bridgehead atoms. The number of rotatable bonds is 16. The summed E-state index contributed by atoms with van der Waals surface area (Å²) in [6.07, 6.45) is 0. The molecule has 13 nitrogen and oxygen atoms in total. The lowest BCUT2D eigenvalue weighted by Gasteiger charge is -2.38. The largest absolute Gasteiger partial charge is 0.493 e. The Morgan fingerprint density at radius 2 is 1.66 bits per heavy atom. The van der Waals surface area contributed by atoms with Crippen LogP contribution in [0.3, 0.4) is 0 Å². The molecule has 0 aromatic heterocycles. The fourth-order valence-corrected chi connectivity index (χ4v) is 3.92. The van der Waals surface area contributed by atoms with E-state index in [4.69, 9.17) is 9.47 Å². The number of nitrogens with one attached hydrogen (secondary N) is 1. The SMILES string of the molecule is CC(C)(COc1ccccc1CN(Cc1cccc(OCCO[N+](=O)[O-])c1)N1CCNCC1)CO[N+](=O)[O-]. The summed E-state index contributed by atoms with van der Waals surface area (Å²) in [5.41, 5.74) is 1.46. The summed E-state index contributed by atoms with van der Waals surface area (Å²) in [5.74, 6) is 1.32. The number of ether oxygens (including phenoxy) is 2. The van der Waals surface area contributed by atoms with Crippen LogP contribution in [0.2, 0.25) is 0 Å². The van der Waals surface area contributed by atoms with Crippen LogP contribution in [-0.4, -0.2) is 72.8 Å². The zero-order valence-corrected chi connectivity index (χ0v) is 21.7. The van der Waals surface area contributed by atoms with Crippen molar-refractivity contribution in [2.75, 3.05) is 52.6 Å². The van der Waals surface area contributed by atoms with Gasteiger partial charge in [0, 0.05) is 50.2 Å². The average molecular weight is 534 g/mol. The van der Waals surface area contributed by atoms with Crippen molar-refractivity contribution in [2.24, 2.45) is 5.41 Å². The van der Waals surface area contributed by atoms with E-state index < -0.39 is 15.6 Å². The second kappa shape index (κ2) is 14.3. The molecule has 0 atom stereocenters. The van der Waals surface area contributed by atoms with Crippen LogP contribution < -0.4 is 14.8 Å². The van der Waals surface area contributed by atoms with Crippen molar-refractivity contribution in [3.05, 3.63) is 79.9 Å². The van der Waals surface area contributed by atoms with Gasteiger partial charge in [-0.2, -0.15) is 0 Å². The number of nitrogens with zero attached hydrogens (tertiary/aromatic N) is 4. The first-order chi connectivity index (χ1) is 18.2. The Hall–Kier alpha value is -3.68. The smallest absolute Gasteiger partial charge is 0.294 e. The molecule has 3 rings (SSSR count). The molecule has 38 heavy (non-hydrogen) atoms. The van der Waals surface area contributed by atoms with Crippen LogP contribution in [-0.2, 0) is 22.8 Å². The second-order valence-corrected chi connectivity index (χ2v) is 9.64. The number of para-hydroxylation sites is 1. The zero-order valence-electron chi connectivity index (χ0n) is 21.7. The molecule has 1 aliphatic rings. The van der Waals surface area contributed by atoms with Gasteiger partial charge in [0.05, 0.1) is 6.61 Å².